The number of esters is 1. The van der Waals surface area contributed by atoms with Crippen LogP contribution < -0.4 is 0 Å². The molecule has 0 unspecified atom stereocenters. The predicted molar refractivity (Wildman–Crippen MR) is 111 cm³/mol. The first-order valence-electron chi connectivity index (χ1n) is 10.5. The van der Waals surface area contributed by atoms with Gasteiger partial charge >= 0.3 is 5.97 Å². The largest absolute Gasteiger partial charge is 0.463 e. The zero-order valence-corrected chi connectivity index (χ0v) is 17.1. The fourth-order valence-electron chi connectivity index (χ4n) is 5.15. The highest BCUT2D eigenvalue weighted by Gasteiger charge is 2.68. The highest BCUT2D eigenvalue weighted by Crippen LogP contribution is 2.54. The van der Waals surface area contributed by atoms with Crippen LogP contribution in [0.2, 0.25) is 0 Å². The standard InChI is InChI=1S/C25H25NO4/c1-16(2)29-24(28)20-19-13-14-25(30-19)15-26(23(27)21(20)25)22(17-9-5-3-6-10-17)18-11-7-4-8-12-18/h3-14,16,19-22H,15H2,1-2H3/t19-,20-,21+,25-/m1/s1. The lowest BCUT2D eigenvalue weighted by atomic mass is 9.77. The minimum atomic E-state index is -0.760. The van der Waals surface area contributed by atoms with Gasteiger partial charge in [0.15, 0.2) is 0 Å². The van der Waals surface area contributed by atoms with Crippen molar-refractivity contribution in [2.45, 2.75) is 37.7 Å². The van der Waals surface area contributed by atoms with Crippen LogP contribution >= 0.6 is 0 Å². The molecule has 0 aromatic heterocycles. The third-order valence-electron chi connectivity index (χ3n) is 6.30. The van der Waals surface area contributed by atoms with Crippen molar-refractivity contribution in [2.24, 2.45) is 11.8 Å². The molecule has 2 bridgehead atoms. The summed E-state index contributed by atoms with van der Waals surface area (Å²) in [5, 5.41) is 0. The average Bonchev–Trinajstić information content (AvgIpc) is 3.38. The Morgan fingerprint density at radius 3 is 2.23 bits per heavy atom. The van der Waals surface area contributed by atoms with Gasteiger partial charge in [-0.05, 0) is 25.0 Å². The number of likely N-dealkylation sites (tertiary alicyclic amines) is 1. The van der Waals surface area contributed by atoms with E-state index in [2.05, 4.69) is 0 Å². The lowest BCUT2D eigenvalue weighted by Crippen LogP contribution is -2.40. The molecule has 1 amide bonds. The summed E-state index contributed by atoms with van der Waals surface area (Å²) in [6, 6.07) is 19.8. The molecular weight excluding hydrogens is 378 g/mol. The van der Waals surface area contributed by atoms with Crippen molar-refractivity contribution in [2.75, 3.05) is 6.54 Å². The zero-order chi connectivity index (χ0) is 20.9. The molecule has 2 saturated heterocycles. The quantitative estimate of drug-likeness (QED) is 0.566. The van der Waals surface area contributed by atoms with E-state index in [4.69, 9.17) is 9.47 Å². The molecule has 0 radical (unpaired) electrons. The molecule has 2 aromatic rings. The van der Waals surface area contributed by atoms with E-state index in [-0.39, 0.29) is 30.1 Å². The molecule has 5 rings (SSSR count). The molecule has 4 atom stereocenters. The summed E-state index contributed by atoms with van der Waals surface area (Å²) in [4.78, 5) is 28.5. The highest BCUT2D eigenvalue weighted by molar-refractivity contribution is 5.91. The number of ether oxygens (including phenoxy) is 2. The Labute approximate surface area is 176 Å². The van der Waals surface area contributed by atoms with Crippen LogP contribution in [0.3, 0.4) is 0 Å². The second-order valence-electron chi connectivity index (χ2n) is 8.58. The Morgan fingerprint density at radius 2 is 1.67 bits per heavy atom. The van der Waals surface area contributed by atoms with Crippen molar-refractivity contribution in [1.29, 1.82) is 0 Å². The van der Waals surface area contributed by atoms with E-state index in [0.29, 0.717) is 6.54 Å². The maximum Gasteiger partial charge on any atom is 0.313 e. The van der Waals surface area contributed by atoms with Gasteiger partial charge in [-0.25, -0.2) is 0 Å². The normalized spacial score (nSPS) is 29.1. The number of carbonyl (C=O) groups is 2. The molecule has 0 N–H and O–H groups in total. The number of carbonyl (C=O) groups excluding carboxylic acids is 2. The van der Waals surface area contributed by atoms with Crippen molar-refractivity contribution in [3.63, 3.8) is 0 Å². The summed E-state index contributed by atoms with van der Waals surface area (Å²) in [5.41, 5.74) is 1.31. The van der Waals surface area contributed by atoms with Gasteiger partial charge in [-0.3, -0.25) is 9.59 Å². The van der Waals surface area contributed by atoms with Crippen LogP contribution in [0.5, 0.6) is 0 Å². The fourth-order valence-corrected chi connectivity index (χ4v) is 5.15. The number of amides is 1. The maximum atomic E-state index is 13.8. The molecule has 3 aliphatic rings. The van der Waals surface area contributed by atoms with Crippen molar-refractivity contribution < 1.29 is 19.1 Å². The molecular formula is C25H25NO4. The van der Waals surface area contributed by atoms with E-state index in [0.717, 1.165) is 11.1 Å². The van der Waals surface area contributed by atoms with E-state index in [1.54, 1.807) is 0 Å². The van der Waals surface area contributed by atoms with Gasteiger partial charge in [-0.15, -0.1) is 0 Å². The summed E-state index contributed by atoms with van der Waals surface area (Å²) >= 11 is 0. The first kappa shape index (κ1) is 19.1. The Morgan fingerprint density at radius 1 is 1.07 bits per heavy atom. The molecule has 154 valence electrons. The van der Waals surface area contributed by atoms with Crippen LogP contribution in [0.4, 0.5) is 0 Å². The van der Waals surface area contributed by atoms with E-state index < -0.39 is 17.4 Å². The average molecular weight is 403 g/mol. The van der Waals surface area contributed by atoms with Crippen LogP contribution in [-0.2, 0) is 19.1 Å². The van der Waals surface area contributed by atoms with Crippen LogP contribution in [0.1, 0.15) is 31.0 Å². The SMILES string of the molecule is CC(C)OC(=O)[C@H]1[C@H]2C(=O)N(C(c3ccccc3)c3ccccc3)C[C@]23C=C[C@H]1O3. The summed E-state index contributed by atoms with van der Waals surface area (Å²) in [6.45, 7) is 4.06. The van der Waals surface area contributed by atoms with Gasteiger partial charge in [-0.1, -0.05) is 72.8 Å². The molecule has 2 aromatic carbocycles. The summed E-state index contributed by atoms with van der Waals surface area (Å²) in [7, 11) is 0. The number of fused-ring (bicyclic) bond motifs is 1. The van der Waals surface area contributed by atoms with Gasteiger partial charge in [0.1, 0.15) is 11.5 Å². The third-order valence-corrected chi connectivity index (χ3v) is 6.30. The first-order valence-corrected chi connectivity index (χ1v) is 10.5. The van der Waals surface area contributed by atoms with Gasteiger partial charge in [0.05, 0.1) is 30.7 Å². The lowest BCUT2D eigenvalue weighted by molar-refractivity contribution is -0.157. The zero-order valence-electron chi connectivity index (χ0n) is 17.1. The smallest absolute Gasteiger partial charge is 0.313 e. The Hall–Kier alpha value is -2.92. The van der Waals surface area contributed by atoms with Crippen LogP contribution in [-0.4, -0.2) is 41.1 Å². The minimum Gasteiger partial charge on any atom is -0.463 e. The Balaban J connectivity index is 1.54. The summed E-state index contributed by atoms with van der Waals surface area (Å²) < 4.78 is 11.7. The lowest BCUT2D eigenvalue weighted by Gasteiger charge is -2.31. The van der Waals surface area contributed by atoms with Gasteiger partial charge in [0.2, 0.25) is 5.91 Å². The van der Waals surface area contributed by atoms with Crippen molar-refractivity contribution in [1.82, 2.24) is 4.90 Å². The second kappa shape index (κ2) is 7.10. The van der Waals surface area contributed by atoms with Crippen molar-refractivity contribution >= 4 is 11.9 Å². The number of hydrogen-bond donors (Lipinski definition) is 0. The highest BCUT2D eigenvalue weighted by atomic mass is 16.6. The van der Waals surface area contributed by atoms with Crippen molar-refractivity contribution in [3.8, 4) is 0 Å². The number of hydrogen-bond acceptors (Lipinski definition) is 4. The Kier molecular flexibility index (Phi) is 4.51. The molecule has 3 heterocycles. The van der Waals surface area contributed by atoms with Crippen LogP contribution in [0.25, 0.3) is 0 Å². The maximum absolute atomic E-state index is 13.8. The Bertz CT molecular complexity index is 947. The summed E-state index contributed by atoms with van der Waals surface area (Å²) in [6.07, 6.45) is 3.27. The van der Waals surface area contributed by atoms with Crippen molar-refractivity contribution in [3.05, 3.63) is 83.9 Å². The molecule has 0 aliphatic carbocycles. The number of benzene rings is 2. The van der Waals surface area contributed by atoms with E-state index in [1.165, 1.54) is 0 Å². The van der Waals surface area contributed by atoms with Gasteiger partial charge < -0.3 is 14.4 Å². The molecule has 1 spiro atoms. The van der Waals surface area contributed by atoms with Gasteiger partial charge in [0, 0.05) is 0 Å². The van der Waals surface area contributed by atoms with Gasteiger partial charge in [0.25, 0.3) is 0 Å². The monoisotopic (exact) mass is 403 g/mol. The number of rotatable bonds is 5. The minimum absolute atomic E-state index is 0.0507. The van der Waals surface area contributed by atoms with E-state index in [9.17, 15) is 9.59 Å². The van der Waals surface area contributed by atoms with E-state index >= 15 is 0 Å². The van der Waals surface area contributed by atoms with Crippen LogP contribution in [0, 0.1) is 11.8 Å². The van der Waals surface area contributed by atoms with E-state index in [1.807, 2.05) is 91.6 Å². The molecule has 30 heavy (non-hydrogen) atoms. The molecule has 2 fully saturated rings. The number of nitrogens with zero attached hydrogens (tertiary/aromatic N) is 1. The first-order chi connectivity index (χ1) is 14.5. The molecule has 5 nitrogen and oxygen atoms in total. The molecule has 5 heteroatoms. The fraction of sp³-hybridized carbons (Fsp3) is 0.360. The topological polar surface area (TPSA) is 55.8 Å². The van der Waals surface area contributed by atoms with Gasteiger partial charge in [-0.2, -0.15) is 0 Å². The summed E-state index contributed by atoms with van der Waals surface area (Å²) in [5.74, 6) is -1.54. The molecule has 0 saturated carbocycles. The van der Waals surface area contributed by atoms with Crippen LogP contribution in [0.15, 0.2) is 72.8 Å². The predicted octanol–water partition coefficient (Wildman–Crippen LogP) is 3.51. The third kappa shape index (κ3) is 2.88. The molecule has 3 aliphatic heterocycles. The second-order valence-corrected chi connectivity index (χ2v) is 8.58.